The van der Waals surface area contributed by atoms with Gasteiger partial charge in [-0.2, -0.15) is 0 Å². The largest absolute Gasteiger partial charge is 0.388 e. The van der Waals surface area contributed by atoms with E-state index >= 15 is 0 Å². The molecule has 3 atom stereocenters. The summed E-state index contributed by atoms with van der Waals surface area (Å²) in [5.41, 5.74) is 2.33. The molecule has 2 rings (SSSR count). The normalized spacial score (nSPS) is 21.1. The Hall–Kier alpha value is -1.64. The van der Waals surface area contributed by atoms with Crippen molar-refractivity contribution < 1.29 is 5.11 Å². The zero-order valence-electron chi connectivity index (χ0n) is 15.4. The molecule has 1 saturated carbocycles. The van der Waals surface area contributed by atoms with Crippen LogP contribution in [-0.2, 0) is 0 Å². The van der Waals surface area contributed by atoms with Crippen molar-refractivity contribution in [3.05, 3.63) is 72.4 Å². The maximum absolute atomic E-state index is 10.1. The molecule has 3 unspecified atom stereocenters. The van der Waals surface area contributed by atoms with Gasteiger partial charge in [-0.3, -0.25) is 0 Å². The molecule has 1 aromatic rings. The van der Waals surface area contributed by atoms with Crippen molar-refractivity contribution in [2.45, 2.75) is 52.2 Å². The van der Waals surface area contributed by atoms with Crippen molar-refractivity contribution >= 4 is 0 Å². The Balaban J connectivity index is 0.000000891. The van der Waals surface area contributed by atoms with E-state index in [0.717, 1.165) is 18.5 Å². The summed E-state index contributed by atoms with van der Waals surface area (Å²) in [5.74, 6) is 0.591. The van der Waals surface area contributed by atoms with Gasteiger partial charge in [-0.25, -0.2) is 0 Å². The molecule has 0 aromatic heterocycles. The van der Waals surface area contributed by atoms with Crippen molar-refractivity contribution in [2.75, 3.05) is 6.54 Å². The summed E-state index contributed by atoms with van der Waals surface area (Å²) in [5, 5.41) is 13.7. The lowest BCUT2D eigenvalue weighted by Gasteiger charge is -2.11. The van der Waals surface area contributed by atoms with Crippen LogP contribution < -0.4 is 5.32 Å². The topological polar surface area (TPSA) is 32.3 Å². The van der Waals surface area contributed by atoms with Crippen LogP contribution in [0.15, 0.2) is 66.8 Å². The Morgan fingerprint density at radius 3 is 2.58 bits per heavy atom. The number of hydrogen-bond donors (Lipinski definition) is 2. The first kappa shape index (κ1) is 20.4. The standard InChI is InChI=1S/C19H25NO.C3H8/c1-3-8-15(9-4-2)17-14-18(17)20-13-12-19(21)16-10-6-5-7-11-16;1-3-2/h3-11,17-21H,1,12-14H2,2H3;3H2,1-2H3/b9-4-,15-8+;. The van der Waals surface area contributed by atoms with Gasteiger partial charge in [-0.1, -0.05) is 81.5 Å². The average Bonchev–Trinajstić information content (AvgIpc) is 3.35. The third-order valence-electron chi connectivity index (χ3n) is 3.90. The Morgan fingerprint density at radius 2 is 2.00 bits per heavy atom. The Bertz CT molecular complexity index is 518. The molecule has 132 valence electrons. The van der Waals surface area contributed by atoms with Crippen LogP contribution in [0.3, 0.4) is 0 Å². The summed E-state index contributed by atoms with van der Waals surface area (Å²) in [6.07, 6.45) is 11.0. The predicted molar refractivity (Wildman–Crippen MR) is 105 cm³/mol. The molecule has 0 amide bonds. The predicted octanol–water partition coefficient (Wildman–Crippen LogP) is 5.19. The maximum Gasteiger partial charge on any atom is 0.0802 e. The van der Waals surface area contributed by atoms with E-state index in [1.807, 2.05) is 43.3 Å². The van der Waals surface area contributed by atoms with E-state index in [9.17, 15) is 5.11 Å². The van der Waals surface area contributed by atoms with Crippen LogP contribution in [0.25, 0.3) is 0 Å². The number of rotatable bonds is 8. The van der Waals surface area contributed by atoms with Crippen molar-refractivity contribution in [1.82, 2.24) is 5.32 Å². The van der Waals surface area contributed by atoms with Crippen LogP contribution in [0.2, 0.25) is 0 Å². The highest BCUT2D eigenvalue weighted by molar-refractivity contribution is 5.31. The highest BCUT2D eigenvalue weighted by atomic mass is 16.3. The van der Waals surface area contributed by atoms with Gasteiger partial charge in [0, 0.05) is 12.0 Å². The lowest BCUT2D eigenvalue weighted by atomic mass is 10.1. The van der Waals surface area contributed by atoms with Gasteiger partial charge >= 0.3 is 0 Å². The Morgan fingerprint density at radius 1 is 1.33 bits per heavy atom. The Kier molecular flexibility index (Phi) is 10.1. The zero-order valence-corrected chi connectivity index (χ0v) is 15.4. The molecule has 0 heterocycles. The highest BCUT2D eigenvalue weighted by Crippen LogP contribution is 2.38. The van der Waals surface area contributed by atoms with Gasteiger partial charge in [0.15, 0.2) is 0 Å². The number of allylic oxidation sites excluding steroid dienone is 4. The first-order chi connectivity index (χ1) is 11.7. The van der Waals surface area contributed by atoms with Gasteiger partial charge in [-0.15, -0.1) is 0 Å². The lowest BCUT2D eigenvalue weighted by Crippen LogP contribution is -2.21. The fourth-order valence-electron chi connectivity index (χ4n) is 2.67. The van der Waals surface area contributed by atoms with E-state index in [1.165, 1.54) is 18.4 Å². The van der Waals surface area contributed by atoms with Crippen molar-refractivity contribution in [3.8, 4) is 0 Å². The van der Waals surface area contributed by atoms with Crippen LogP contribution in [0.1, 0.15) is 51.7 Å². The van der Waals surface area contributed by atoms with E-state index in [0.29, 0.717) is 12.0 Å². The van der Waals surface area contributed by atoms with Crippen LogP contribution in [0, 0.1) is 5.92 Å². The van der Waals surface area contributed by atoms with Crippen molar-refractivity contribution in [2.24, 2.45) is 5.92 Å². The molecule has 24 heavy (non-hydrogen) atoms. The fourth-order valence-corrected chi connectivity index (χ4v) is 2.67. The van der Waals surface area contributed by atoms with E-state index < -0.39 is 0 Å². The SMILES string of the molecule is C=C/C=C(\C=C/C)C1CC1NCCC(O)c1ccccc1.CCC. The average molecular weight is 328 g/mol. The summed E-state index contributed by atoms with van der Waals surface area (Å²) in [4.78, 5) is 0. The monoisotopic (exact) mass is 327 g/mol. The maximum atomic E-state index is 10.1. The van der Waals surface area contributed by atoms with Gasteiger partial charge in [0.25, 0.3) is 0 Å². The second kappa shape index (κ2) is 11.8. The van der Waals surface area contributed by atoms with Gasteiger partial charge in [0.2, 0.25) is 0 Å². The van der Waals surface area contributed by atoms with Gasteiger partial charge in [0.05, 0.1) is 6.10 Å². The van der Waals surface area contributed by atoms with Crippen molar-refractivity contribution in [1.29, 1.82) is 0 Å². The second-order valence-electron chi connectivity index (χ2n) is 6.23. The number of aliphatic hydroxyl groups is 1. The Labute approximate surface area is 148 Å². The minimum absolute atomic E-state index is 0.380. The van der Waals surface area contributed by atoms with Crippen LogP contribution in [0.5, 0.6) is 0 Å². The third-order valence-corrected chi connectivity index (χ3v) is 3.90. The molecule has 0 saturated heterocycles. The molecular formula is C22H33NO. The quantitative estimate of drug-likeness (QED) is 0.644. The summed E-state index contributed by atoms with van der Waals surface area (Å²) < 4.78 is 0. The first-order valence-electron chi connectivity index (χ1n) is 9.09. The molecule has 1 fully saturated rings. The van der Waals surface area contributed by atoms with E-state index in [-0.39, 0.29) is 6.10 Å². The molecule has 2 N–H and O–H groups in total. The number of nitrogens with one attached hydrogen (secondary N) is 1. The molecule has 0 bridgehead atoms. The smallest absolute Gasteiger partial charge is 0.0802 e. The molecule has 1 aliphatic rings. The summed E-state index contributed by atoms with van der Waals surface area (Å²) in [6.45, 7) is 10.9. The molecule has 1 aliphatic carbocycles. The molecular weight excluding hydrogens is 294 g/mol. The van der Waals surface area contributed by atoms with Crippen LogP contribution in [0.4, 0.5) is 0 Å². The van der Waals surface area contributed by atoms with Crippen molar-refractivity contribution in [3.63, 3.8) is 0 Å². The minimum Gasteiger partial charge on any atom is -0.388 e. The van der Waals surface area contributed by atoms with E-state index in [4.69, 9.17) is 0 Å². The fraction of sp³-hybridized carbons (Fsp3) is 0.455. The van der Waals surface area contributed by atoms with Crippen LogP contribution in [-0.4, -0.2) is 17.7 Å². The van der Waals surface area contributed by atoms with Gasteiger partial charge in [0.1, 0.15) is 0 Å². The van der Waals surface area contributed by atoms with E-state index in [1.54, 1.807) is 0 Å². The lowest BCUT2D eigenvalue weighted by molar-refractivity contribution is 0.166. The van der Waals surface area contributed by atoms with E-state index in [2.05, 4.69) is 44.0 Å². The minimum atomic E-state index is -0.380. The number of hydrogen-bond acceptors (Lipinski definition) is 2. The summed E-state index contributed by atoms with van der Waals surface area (Å²) >= 11 is 0. The van der Waals surface area contributed by atoms with Gasteiger partial charge in [-0.05, 0) is 37.4 Å². The molecule has 1 aromatic carbocycles. The molecule has 0 aliphatic heterocycles. The number of benzene rings is 1. The highest BCUT2D eigenvalue weighted by Gasteiger charge is 2.38. The second-order valence-corrected chi connectivity index (χ2v) is 6.23. The molecule has 2 nitrogen and oxygen atoms in total. The van der Waals surface area contributed by atoms with Gasteiger partial charge < -0.3 is 10.4 Å². The number of aliphatic hydroxyl groups excluding tert-OH is 1. The molecule has 0 radical (unpaired) electrons. The zero-order chi connectivity index (χ0) is 17.8. The first-order valence-corrected chi connectivity index (χ1v) is 9.09. The summed E-state index contributed by atoms with van der Waals surface area (Å²) in [7, 11) is 0. The summed E-state index contributed by atoms with van der Waals surface area (Å²) in [6, 6.07) is 10.4. The van der Waals surface area contributed by atoms with Crippen LogP contribution >= 0.6 is 0 Å². The third kappa shape index (κ3) is 7.29. The molecule has 2 heteroatoms. The molecule has 0 spiro atoms.